The number of nitrogens with one attached hydrogen (secondary N) is 1. The molecule has 0 aliphatic heterocycles. The molecule has 4 aromatic heterocycles. The van der Waals surface area contributed by atoms with Gasteiger partial charge in [-0.05, 0) is 36.4 Å². The van der Waals surface area contributed by atoms with Gasteiger partial charge in [0.25, 0.3) is 0 Å². The third-order valence-electron chi connectivity index (χ3n) is 4.99. The van der Waals surface area contributed by atoms with Gasteiger partial charge in [-0.15, -0.1) is 0 Å². The first kappa shape index (κ1) is 21.4. The van der Waals surface area contributed by atoms with E-state index >= 15 is 0 Å². The van der Waals surface area contributed by atoms with Crippen LogP contribution in [0.4, 0.5) is 0 Å². The molecule has 5 rings (SSSR count). The number of ether oxygens (including phenoxy) is 2. The quantitative estimate of drug-likeness (QED) is 0.318. The number of Topliss-reactive ketones (excluding diaryl/α,β-unsaturated/α-hetero) is 1. The lowest BCUT2D eigenvalue weighted by Crippen LogP contribution is -2.14. The lowest BCUT2D eigenvalue weighted by molar-refractivity contribution is 0.0688. The molecule has 4 heterocycles. The van der Waals surface area contributed by atoms with E-state index in [1.807, 2.05) is 0 Å². The highest BCUT2D eigenvalue weighted by atomic mass is 35.5. The summed E-state index contributed by atoms with van der Waals surface area (Å²) < 4.78 is 11.3. The summed E-state index contributed by atoms with van der Waals surface area (Å²) in [6.07, 6.45) is 6.21. The van der Waals surface area contributed by atoms with Crippen molar-refractivity contribution in [3.63, 3.8) is 0 Å². The molecule has 9 nitrogen and oxygen atoms in total. The number of aromatic nitrogens is 4. The predicted molar refractivity (Wildman–Crippen MR) is 124 cm³/mol. The van der Waals surface area contributed by atoms with Crippen LogP contribution >= 0.6 is 11.6 Å². The van der Waals surface area contributed by atoms with Gasteiger partial charge in [0.05, 0.1) is 11.2 Å². The lowest BCUT2D eigenvalue weighted by atomic mass is 10.1. The number of fused-ring (bicyclic) bond motifs is 2. The van der Waals surface area contributed by atoms with E-state index in [2.05, 4.69) is 19.9 Å². The van der Waals surface area contributed by atoms with Gasteiger partial charge < -0.3 is 19.6 Å². The topological polar surface area (TPSA) is 127 Å². The monoisotopic (exact) mass is 474 g/mol. The SMILES string of the molecule is O=C(O)c1cc2cc(Cl)cnc2nc1OCC(=O)c1c[nH]c2cc(Oc3cccnc3)ccc12. The molecule has 0 amide bonds. The molecule has 0 aliphatic rings. The van der Waals surface area contributed by atoms with Gasteiger partial charge in [0.1, 0.15) is 17.1 Å². The van der Waals surface area contributed by atoms with E-state index in [0.29, 0.717) is 38.4 Å². The van der Waals surface area contributed by atoms with E-state index in [9.17, 15) is 14.7 Å². The molecule has 2 N–H and O–H groups in total. The normalized spacial score (nSPS) is 11.0. The van der Waals surface area contributed by atoms with E-state index < -0.39 is 12.6 Å². The average Bonchev–Trinajstić information content (AvgIpc) is 3.26. The number of hydrogen-bond donors (Lipinski definition) is 2. The zero-order valence-corrected chi connectivity index (χ0v) is 18.1. The number of pyridine rings is 3. The number of carboxylic acids is 1. The summed E-state index contributed by atoms with van der Waals surface area (Å²) in [7, 11) is 0. The van der Waals surface area contributed by atoms with Gasteiger partial charge in [0.2, 0.25) is 11.7 Å². The number of aromatic amines is 1. The standard InChI is InChI=1S/C24H15ClN4O5/c25-14-6-13-7-18(24(31)32)23(29-22(13)28-9-14)33-12-21(30)19-11-27-20-8-15(3-4-17(19)20)34-16-2-1-5-26-10-16/h1-11,27H,12H2,(H,31,32). The van der Waals surface area contributed by atoms with Gasteiger partial charge in [-0.25, -0.2) is 9.78 Å². The summed E-state index contributed by atoms with van der Waals surface area (Å²) >= 11 is 5.92. The highest BCUT2D eigenvalue weighted by molar-refractivity contribution is 6.31. The number of ketones is 1. The molecule has 34 heavy (non-hydrogen) atoms. The number of aromatic carboxylic acids is 1. The third kappa shape index (κ3) is 4.24. The Labute approximate surface area is 197 Å². The summed E-state index contributed by atoms with van der Waals surface area (Å²) in [5.74, 6) is -0.627. The minimum Gasteiger partial charge on any atom is -0.477 e. The number of H-pyrrole nitrogens is 1. The van der Waals surface area contributed by atoms with Crippen molar-refractivity contribution in [3.05, 3.63) is 83.4 Å². The van der Waals surface area contributed by atoms with Gasteiger partial charge in [0, 0.05) is 46.5 Å². The number of hydrogen-bond acceptors (Lipinski definition) is 7. The molecular formula is C24H15ClN4O5. The second kappa shape index (κ2) is 8.80. The van der Waals surface area contributed by atoms with Crippen LogP contribution in [0, 0.1) is 0 Å². The second-order valence-corrected chi connectivity index (χ2v) is 7.70. The van der Waals surface area contributed by atoms with Crippen molar-refractivity contribution in [2.75, 3.05) is 6.61 Å². The molecule has 0 bridgehead atoms. The summed E-state index contributed by atoms with van der Waals surface area (Å²) in [5, 5.41) is 11.0. The number of carboxylic acid groups (broad SMARTS) is 1. The Kier molecular flexibility index (Phi) is 5.52. The van der Waals surface area contributed by atoms with Gasteiger partial charge in [-0.2, -0.15) is 4.98 Å². The summed E-state index contributed by atoms with van der Waals surface area (Å²) in [6, 6.07) is 11.7. The molecule has 0 atom stereocenters. The van der Waals surface area contributed by atoms with Crippen LogP contribution < -0.4 is 9.47 Å². The number of carbonyl (C=O) groups is 2. The number of benzene rings is 1. The fourth-order valence-electron chi connectivity index (χ4n) is 3.44. The molecule has 0 radical (unpaired) electrons. The first-order valence-corrected chi connectivity index (χ1v) is 10.4. The Morgan fingerprint density at radius 1 is 1.06 bits per heavy atom. The van der Waals surface area contributed by atoms with Crippen LogP contribution in [0.1, 0.15) is 20.7 Å². The molecule has 10 heteroatoms. The van der Waals surface area contributed by atoms with Gasteiger partial charge in [0.15, 0.2) is 12.3 Å². The third-order valence-corrected chi connectivity index (χ3v) is 5.20. The number of halogens is 1. The fraction of sp³-hybridized carbons (Fsp3) is 0.0417. The van der Waals surface area contributed by atoms with Gasteiger partial charge >= 0.3 is 5.97 Å². The molecule has 0 spiro atoms. The zero-order valence-electron chi connectivity index (χ0n) is 17.4. The number of carbonyl (C=O) groups excluding carboxylic acids is 1. The first-order chi connectivity index (χ1) is 16.5. The molecule has 0 saturated carbocycles. The minimum atomic E-state index is -1.25. The largest absolute Gasteiger partial charge is 0.477 e. The molecule has 0 unspecified atom stereocenters. The van der Waals surface area contributed by atoms with Crippen LogP contribution in [0.3, 0.4) is 0 Å². The van der Waals surface area contributed by atoms with E-state index in [1.54, 1.807) is 55.0 Å². The molecule has 1 aromatic carbocycles. The lowest BCUT2D eigenvalue weighted by Gasteiger charge is -2.09. The number of rotatable bonds is 7. The Morgan fingerprint density at radius 2 is 1.94 bits per heavy atom. The van der Waals surface area contributed by atoms with Crippen LogP contribution in [-0.4, -0.2) is 43.4 Å². The Balaban J connectivity index is 1.37. The van der Waals surface area contributed by atoms with Crippen molar-refractivity contribution in [2.45, 2.75) is 0 Å². The van der Waals surface area contributed by atoms with E-state index in [1.165, 1.54) is 12.3 Å². The maximum absolute atomic E-state index is 12.9. The van der Waals surface area contributed by atoms with Gasteiger partial charge in [-0.3, -0.25) is 9.78 Å². The Morgan fingerprint density at radius 3 is 2.74 bits per heavy atom. The minimum absolute atomic E-state index is 0.194. The summed E-state index contributed by atoms with van der Waals surface area (Å²) in [6.45, 7) is -0.409. The Bertz CT molecular complexity index is 1550. The Hall–Kier alpha value is -4.50. The highest BCUT2D eigenvalue weighted by Crippen LogP contribution is 2.28. The van der Waals surface area contributed by atoms with Crippen LogP contribution in [0.15, 0.2) is 67.3 Å². The van der Waals surface area contributed by atoms with Gasteiger partial charge in [-0.1, -0.05) is 11.6 Å². The average molecular weight is 475 g/mol. The van der Waals surface area contributed by atoms with Crippen LogP contribution in [0.5, 0.6) is 17.4 Å². The van der Waals surface area contributed by atoms with E-state index in [-0.39, 0.29) is 22.9 Å². The van der Waals surface area contributed by atoms with Crippen molar-refractivity contribution in [2.24, 2.45) is 0 Å². The number of nitrogens with zero attached hydrogens (tertiary/aromatic N) is 3. The van der Waals surface area contributed by atoms with Crippen molar-refractivity contribution >= 4 is 45.3 Å². The molecule has 0 aliphatic carbocycles. The molecule has 0 saturated heterocycles. The predicted octanol–water partition coefficient (Wildman–Crippen LogP) is 4.91. The van der Waals surface area contributed by atoms with Crippen molar-refractivity contribution in [1.29, 1.82) is 0 Å². The molecule has 168 valence electrons. The van der Waals surface area contributed by atoms with Crippen LogP contribution in [-0.2, 0) is 0 Å². The molecule has 5 aromatic rings. The van der Waals surface area contributed by atoms with E-state index in [4.69, 9.17) is 21.1 Å². The van der Waals surface area contributed by atoms with Crippen molar-refractivity contribution in [1.82, 2.24) is 19.9 Å². The fourth-order valence-corrected chi connectivity index (χ4v) is 3.61. The second-order valence-electron chi connectivity index (χ2n) is 7.26. The maximum atomic E-state index is 12.9. The summed E-state index contributed by atoms with van der Waals surface area (Å²) in [5.41, 5.74) is 1.15. The molecular weight excluding hydrogens is 460 g/mol. The van der Waals surface area contributed by atoms with E-state index in [0.717, 1.165) is 0 Å². The van der Waals surface area contributed by atoms with Crippen molar-refractivity contribution < 1.29 is 24.2 Å². The summed E-state index contributed by atoms with van der Waals surface area (Å²) in [4.78, 5) is 39.8. The molecule has 0 fully saturated rings. The van der Waals surface area contributed by atoms with Crippen molar-refractivity contribution in [3.8, 4) is 17.4 Å². The van der Waals surface area contributed by atoms with Crippen LogP contribution in [0.2, 0.25) is 5.02 Å². The van der Waals surface area contributed by atoms with Crippen LogP contribution in [0.25, 0.3) is 21.9 Å². The smallest absolute Gasteiger partial charge is 0.341 e. The first-order valence-electron chi connectivity index (χ1n) is 10.0. The zero-order chi connectivity index (χ0) is 23.7. The maximum Gasteiger partial charge on any atom is 0.341 e. The highest BCUT2D eigenvalue weighted by Gasteiger charge is 2.19.